The Hall–Kier alpha value is -3.44. The van der Waals surface area contributed by atoms with E-state index in [-0.39, 0.29) is 28.8 Å². The van der Waals surface area contributed by atoms with Crippen LogP contribution in [0.1, 0.15) is 15.2 Å². The number of anilines is 1. The molecule has 2 aromatic heterocycles. The summed E-state index contributed by atoms with van der Waals surface area (Å²) in [6.07, 6.45) is 0. The van der Waals surface area contributed by atoms with Crippen LogP contribution in [0.2, 0.25) is 0 Å². The van der Waals surface area contributed by atoms with Crippen molar-refractivity contribution in [1.82, 2.24) is 0 Å². The minimum atomic E-state index is -0.517. The molecule has 8 heteroatoms. The number of amides is 1. The van der Waals surface area contributed by atoms with Crippen molar-refractivity contribution < 1.29 is 14.1 Å². The van der Waals surface area contributed by atoms with Crippen molar-refractivity contribution >= 4 is 28.8 Å². The molecule has 0 aliphatic carbocycles. The number of carbonyl (C=O) groups is 1. The Labute approximate surface area is 139 Å². The minimum absolute atomic E-state index is 0.0115. The Morgan fingerprint density at radius 3 is 2.79 bits per heavy atom. The summed E-state index contributed by atoms with van der Waals surface area (Å²) in [5.41, 5.74) is 0.491. The third kappa shape index (κ3) is 3.02. The van der Waals surface area contributed by atoms with Crippen LogP contribution in [-0.2, 0) is 0 Å². The highest BCUT2D eigenvalue weighted by molar-refractivity contribution is 7.12. The van der Waals surface area contributed by atoms with Crippen LogP contribution in [0.4, 0.5) is 11.6 Å². The molecule has 24 heavy (non-hydrogen) atoms. The first kappa shape index (κ1) is 15.5. The monoisotopic (exact) mass is 339 g/mol. The van der Waals surface area contributed by atoms with Crippen molar-refractivity contribution in [2.24, 2.45) is 0 Å². The second-order valence-electron chi connectivity index (χ2n) is 4.70. The number of hydrogen-bond acceptors (Lipinski definition) is 6. The maximum absolute atomic E-state index is 12.1. The van der Waals surface area contributed by atoms with E-state index in [4.69, 9.17) is 4.42 Å². The third-order valence-electron chi connectivity index (χ3n) is 3.17. The van der Waals surface area contributed by atoms with E-state index in [0.717, 1.165) is 0 Å². The molecule has 0 aliphatic heterocycles. The average molecular weight is 339 g/mol. The van der Waals surface area contributed by atoms with Crippen molar-refractivity contribution in [3.8, 4) is 17.4 Å². The van der Waals surface area contributed by atoms with Crippen molar-refractivity contribution in [3.05, 3.63) is 68.4 Å². The zero-order valence-corrected chi connectivity index (χ0v) is 12.9. The first-order valence-corrected chi connectivity index (χ1v) is 7.60. The first-order chi connectivity index (χ1) is 11.6. The van der Waals surface area contributed by atoms with Crippen molar-refractivity contribution in [3.63, 3.8) is 0 Å². The number of nitrogens with one attached hydrogen (secondary N) is 1. The molecule has 0 radical (unpaired) electrons. The van der Waals surface area contributed by atoms with Gasteiger partial charge in [0, 0.05) is 23.8 Å². The van der Waals surface area contributed by atoms with Crippen LogP contribution < -0.4 is 5.32 Å². The minimum Gasteiger partial charge on any atom is -0.439 e. The van der Waals surface area contributed by atoms with Crippen molar-refractivity contribution in [2.75, 3.05) is 5.32 Å². The van der Waals surface area contributed by atoms with Gasteiger partial charge in [-0.15, -0.1) is 11.3 Å². The molecule has 0 atom stereocenters. The van der Waals surface area contributed by atoms with Crippen LogP contribution in [-0.4, -0.2) is 10.8 Å². The maximum Gasteiger partial charge on any atom is 0.270 e. The first-order valence-electron chi connectivity index (χ1n) is 6.72. The van der Waals surface area contributed by atoms with E-state index < -0.39 is 4.92 Å². The van der Waals surface area contributed by atoms with Crippen LogP contribution >= 0.6 is 11.3 Å². The van der Waals surface area contributed by atoms with Gasteiger partial charge in [-0.2, -0.15) is 5.26 Å². The van der Waals surface area contributed by atoms with E-state index >= 15 is 0 Å². The highest BCUT2D eigenvalue weighted by Gasteiger charge is 2.17. The number of carbonyl (C=O) groups excluding carboxylic acids is 1. The summed E-state index contributed by atoms with van der Waals surface area (Å²) in [5.74, 6) is -0.115. The average Bonchev–Trinajstić information content (AvgIpc) is 3.24. The van der Waals surface area contributed by atoms with Gasteiger partial charge in [0.25, 0.3) is 11.6 Å². The Morgan fingerprint density at radius 1 is 1.29 bits per heavy atom. The number of hydrogen-bond donors (Lipinski definition) is 1. The van der Waals surface area contributed by atoms with Gasteiger partial charge in [0.2, 0.25) is 5.88 Å². The van der Waals surface area contributed by atoms with E-state index in [1.165, 1.54) is 35.6 Å². The number of non-ortho nitro benzene ring substituents is 1. The lowest BCUT2D eigenvalue weighted by molar-refractivity contribution is -0.384. The summed E-state index contributed by atoms with van der Waals surface area (Å²) < 4.78 is 5.52. The molecule has 118 valence electrons. The summed E-state index contributed by atoms with van der Waals surface area (Å²) >= 11 is 1.26. The standard InChI is InChI=1S/C16H9N3O4S/c17-9-11-8-13(10-3-1-4-12(7-10)19(21)22)23-16(11)18-15(20)14-5-2-6-24-14/h1-8H,(H,18,20). The van der Waals surface area contributed by atoms with Gasteiger partial charge in [0.1, 0.15) is 17.4 Å². The van der Waals surface area contributed by atoms with Gasteiger partial charge in [-0.05, 0) is 11.4 Å². The Kier molecular flexibility index (Phi) is 4.09. The van der Waals surface area contributed by atoms with Crippen molar-refractivity contribution in [2.45, 2.75) is 0 Å². The normalized spacial score (nSPS) is 10.1. The zero-order chi connectivity index (χ0) is 17.1. The number of furan rings is 1. The number of nitro groups is 1. The van der Waals surface area contributed by atoms with Crippen LogP contribution in [0.25, 0.3) is 11.3 Å². The molecule has 0 aliphatic rings. The quantitative estimate of drug-likeness (QED) is 0.570. The van der Waals surface area contributed by atoms with Gasteiger partial charge in [-0.1, -0.05) is 18.2 Å². The number of nitriles is 1. The lowest BCUT2D eigenvalue weighted by atomic mass is 10.1. The molecule has 1 aromatic carbocycles. The van der Waals surface area contributed by atoms with Crippen LogP contribution in [0.15, 0.2) is 52.3 Å². The van der Waals surface area contributed by atoms with Crippen LogP contribution in [0, 0.1) is 21.4 Å². The van der Waals surface area contributed by atoms with Gasteiger partial charge >= 0.3 is 0 Å². The Balaban J connectivity index is 1.93. The fourth-order valence-electron chi connectivity index (χ4n) is 2.05. The van der Waals surface area contributed by atoms with Gasteiger partial charge in [-0.25, -0.2) is 0 Å². The summed E-state index contributed by atoms with van der Waals surface area (Å²) in [4.78, 5) is 22.9. The molecular formula is C16H9N3O4S. The Morgan fingerprint density at radius 2 is 2.12 bits per heavy atom. The number of rotatable bonds is 4. The summed E-state index contributed by atoms with van der Waals surface area (Å²) in [7, 11) is 0. The van der Waals surface area contributed by atoms with E-state index in [2.05, 4.69) is 5.32 Å². The molecule has 7 nitrogen and oxygen atoms in total. The molecule has 0 bridgehead atoms. The maximum atomic E-state index is 12.1. The molecule has 0 fully saturated rings. The summed E-state index contributed by atoms with van der Waals surface area (Å²) in [6.45, 7) is 0. The lowest BCUT2D eigenvalue weighted by Crippen LogP contribution is -2.10. The van der Waals surface area contributed by atoms with Gasteiger partial charge < -0.3 is 4.42 Å². The molecule has 0 saturated heterocycles. The molecule has 3 rings (SSSR count). The topological polar surface area (TPSA) is 109 Å². The van der Waals surface area contributed by atoms with Crippen LogP contribution in [0.5, 0.6) is 0 Å². The van der Waals surface area contributed by atoms with Gasteiger partial charge in [0.15, 0.2) is 0 Å². The second kappa shape index (κ2) is 6.36. The molecular weight excluding hydrogens is 330 g/mol. The smallest absolute Gasteiger partial charge is 0.270 e. The van der Waals surface area contributed by atoms with Gasteiger partial charge in [-0.3, -0.25) is 20.2 Å². The molecule has 2 heterocycles. The molecule has 1 N–H and O–H groups in total. The molecule has 0 spiro atoms. The van der Waals surface area contributed by atoms with E-state index in [0.29, 0.717) is 10.4 Å². The molecule has 3 aromatic rings. The van der Waals surface area contributed by atoms with Crippen molar-refractivity contribution in [1.29, 1.82) is 5.26 Å². The highest BCUT2D eigenvalue weighted by Crippen LogP contribution is 2.31. The summed E-state index contributed by atoms with van der Waals surface area (Å²) in [6, 6.07) is 12.6. The predicted octanol–water partition coefficient (Wildman–Crippen LogP) is 4.04. The third-order valence-corrected chi connectivity index (χ3v) is 4.03. The summed E-state index contributed by atoms with van der Waals surface area (Å²) in [5, 5.41) is 24.4. The fraction of sp³-hybridized carbons (Fsp3) is 0. The number of thiophene rings is 1. The lowest BCUT2D eigenvalue weighted by Gasteiger charge is -2.00. The van der Waals surface area contributed by atoms with E-state index in [1.54, 1.807) is 23.6 Å². The number of benzene rings is 1. The molecule has 0 unspecified atom stereocenters. The zero-order valence-electron chi connectivity index (χ0n) is 12.1. The number of nitrogens with zero attached hydrogens (tertiary/aromatic N) is 2. The van der Waals surface area contributed by atoms with E-state index in [9.17, 15) is 20.2 Å². The molecule has 0 saturated carbocycles. The largest absolute Gasteiger partial charge is 0.439 e. The number of nitro benzene ring substituents is 1. The van der Waals surface area contributed by atoms with E-state index in [1.807, 2.05) is 6.07 Å². The van der Waals surface area contributed by atoms with Gasteiger partial charge in [0.05, 0.1) is 9.80 Å². The molecule has 1 amide bonds. The SMILES string of the molecule is N#Cc1cc(-c2cccc([N+](=O)[O-])c2)oc1NC(=O)c1cccs1. The predicted molar refractivity (Wildman–Crippen MR) is 87.8 cm³/mol. The Bertz CT molecular complexity index is 954. The highest BCUT2D eigenvalue weighted by atomic mass is 32.1. The van der Waals surface area contributed by atoms with Crippen LogP contribution in [0.3, 0.4) is 0 Å². The fourth-order valence-corrected chi connectivity index (χ4v) is 2.67. The second-order valence-corrected chi connectivity index (χ2v) is 5.65.